The van der Waals surface area contributed by atoms with E-state index in [1.807, 2.05) is 24.3 Å². The Balaban J connectivity index is 5.47. The van der Waals surface area contributed by atoms with Gasteiger partial charge in [-0.15, -0.1) is 0 Å². The van der Waals surface area contributed by atoms with Crippen LogP contribution in [0.2, 0.25) is 0 Å². The van der Waals surface area contributed by atoms with Gasteiger partial charge in [-0.3, -0.25) is 37.3 Å². The molecule has 0 aromatic rings. The number of unbranched alkanes of at least 4 members (excludes halogenated alkanes) is 30. The highest BCUT2D eigenvalue weighted by molar-refractivity contribution is 7.47. The quantitative estimate of drug-likeness (QED) is 0.0169. The smallest absolute Gasteiger partial charge is 0.462 e. The molecule has 0 spiro atoms. The lowest BCUT2D eigenvalue weighted by atomic mass is 10.0. The number of esters is 4. The third-order valence-electron chi connectivity index (χ3n) is 16.9. The second-order valence-corrected chi connectivity index (χ2v) is 29.9. The largest absolute Gasteiger partial charge is 0.472 e. The van der Waals surface area contributed by atoms with Crippen molar-refractivity contribution in [2.45, 2.75) is 354 Å². The monoisotopic (exact) mass is 1500 g/mol. The molecular weight excluding hydrogens is 1350 g/mol. The van der Waals surface area contributed by atoms with Gasteiger partial charge in [0.1, 0.15) is 19.3 Å². The van der Waals surface area contributed by atoms with E-state index in [1.165, 1.54) is 128 Å². The zero-order valence-electron chi connectivity index (χ0n) is 65.4. The summed E-state index contributed by atoms with van der Waals surface area (Å²) in [5, 5.41) is 10.6. The van der Waals surface area contributed by atoms with Crippen LogP contribution in [0.15, 0.2) is 122 Å². The molecule has 3 N–H and O–H groups in total. The number of aliphatic hydroxyl groups is 1. The number of carbonyl (C=O) groups excluding carboxylic acids is 4. The van der Waals surface area contributed by atoms with Crippen LogP contribution in [0.25, 0.3) is 0 Å². The second kappa shape index (κ2) is 76.6. The van der Waals surface area contributed by atoms with Gasteiger partial charge in [-0.2, -0.15) is 0 Å². The fourth-order valence-corrected chi connectivity index (χ4v) is 12.2. The molecule has 0 saturated heterocycles. The summed E-state index contributed by atoms with van der Waals surface area (Å²) in [5.41, 5.74) is 0. The highest BCUT2D eigenvalue weighted by Crippen LogP contribution is 2.45. The molecule has 0 amide bonds. The molecule has 0 bridgehead atoms. The second-order valence-electron chi connectivity index (χ2n) is 27.0. The summed E-state index contributed by atoms with van der Waals surface area (Å²) >= 11 is 0. The van der Waals surface area contributed by atoms with Crippen LogP contribution in [-0.4, -0.2) is 96.7 Å². The van der Waals surface area contributed by atoms with Gasteiger partial charge in [-0.1, -0.05) is 297 Å². The predicted molar refractivity (Wildman–Crippen MR) is 427 cm³/mol. The van der Waals surface area contributed by atoms with Crippen LogP contribution in [0.1, 0.15) is 336 Å². The molecule has 104 heavy (non-hydrogen) atoms. The molecule has 598 valence electrons. The van der Waals surface area contributed by atoms with Gasteiger partial charge in [0.15, 0.2) is 12.2 Å². The number of phosphoric acid groups is 2. The number of aliphatic hydroxyl groups excluding tert-OH is 1. The molecule has 5 atom stereocenters. The molecule has 0 aliphatic heterocycles. The minimum absolute atomic E-state index is 0.0179. The van der Waals surface area contributed by atoms with Crippen molar-refractivity contribution in [3.63, 3.8) is 0 Å². The first-order valence-corrected chi connectivity index (χ1v) is 43.8. The van der Waals surface area contributed by atoms with Gasteiger partial charge in [0.05, 0.1) is 26.4 Å². The maximum Gasteiger partial charge on any atom is 0.472 e. The van der Waals surface area contributed by atoms with Crippen molar-refractivity contribution >= 4 is 39.5 Å². The van der Waals surface area contributed by atoms with Crippen LogP contribution < -0.4 is 0 Å². The van der Waals surface area contributed by atoms with E-state index in [1.54, 1.807) is 0 Å². The molecule has 0 radical (unpaired) electrons. The van der Waals surface area contributed by atoms with E-state index in [-0.39, 0.29) is 25.7 Å². The van der Waals surface area contributed by atoms with E-state index < -0.39 is 97.5 Å². The Morgan fingerprint density at radius 2 is 0.481 bits per heavy atom. The maximum absolute atomic E-state index is 13.1. The minimum atomic E-state index is -5.00. The average Bonchev–Trinajstić information content (AvgIpc) is 0.909. The van der Waals surface area contributed by atoms with E-state index in [2.05, 4.69) is 125 Å². The lowest BCUT2D eigenvalue weighted by Gasteiger charge is -2.21. The van der Waals surface area contributed by atoms with E-state index in [0.29, 0.717) is 38.5 Å². The van der Waals surface area contributed by atoms with Gasteiger partial charge in [0.2, 0.25) is 0 Å². The normalized spacial score (nSPS) is 14.5. The Morgan fingerprint density at radius 3 is 0.788 bits per heavy atom. The Labute approximate surface area is 632 Å². The predicted octanol–water partition coefficient (Wildman–Crippen LogP) is 23.9. The lowest BCUT2D eigenvalue weighted by Crippen LogP contribution is -2.30. The third-order valence-corrected chi connectivity index (χ3v) is 18.8. The Morgan fingerprint density at radius 1 is 0.269 bits per heavy atom. The third kappa shape index (κ3) is 75.7. The van der Waals surface area contributed by atoms with Gasteiger partial charge in [0, 0.05) is 25.7 Å². The summed E-state index contributed by atoms with van der Waals surface area (Å²) < 4.78 is 68.5. The molecule has 0 aliphatic carbocycles. The van der Waals surface area contributed by atoms with Crippen LogP contribution in [0.5, 0.6) is 0 Å². The fraction of sp³-hybridized carbons (Fsp3) is 0.718. The SMILES string of the molecule is CCCCC/C=C\C/C=C\C/C=C\C/C=C\CCCC(=O)OC[C@H](COP(=O)(O)OC[C@@H](O)COP(=O)(O)OC[C@@H](COC(=O)CCCCCCCCCCCCCCCCC)OC(=O)CCC/C=C\C/C=C\C/C=C\C/C=C\CCCCC)OC(=O)CCCCCCC/C=C\C/C=C\CCCCC. The zero-order chi connectivity index (χ0) is 76.0. The number of allylic oxidation sites excluding steroid dienone is 20. The fourth-order valence-electron chi connectivity index (χ4n) is 10.6. The average molecular weight is 1500 g/mol. The molecule has 0 aromatic carbocycles. The minimum Gasteiger partial charge on any atom is -0.462 e. The highest BCUT2D eigenvalue weighted by atomic mass is 31.2. The van der Waals surface area contributed by atoms with Gasteiger partial charge in [-0.05, 0) is 135 Å². The molecule has 2 unspecified atom stereocenters. The molecule has 19 heteroatoms. The van der Waals surface area contributed by atoms with Crippen LogP contribution in [-0.2, 0) is 65.4 Å². The Bertz CT molecular complexity index is 2440. The number of hydrogen-bond donors (Lipinski definition) is 3. The summed E-state index contributed by atoms with van der Waals surface area (Å²) in [7, 11) is -10.00. The van der Waals surface area contributed by atoms with E-state index in [4.69, 9.17) is 37.0 Å². The van der Waals surface area contributed by atoms with Crippen molar-refractivity contribution in [1.82, 2.24) is 0 Å². The summed E-state index contributed by atoms with van der Waals surface area (Å²) in [4.78, 5) is 73.0. The van der Waals surface area contributed by atoms with Crippen LogP contribution in [0.3, 0.4) is 0 Å². The van der Waals surface area contributed by atoms with Crippen molar-refractivity contribution in [3.8, 4) is 0 Å². The molecular formula is C85H146O17P2. The first-order valence-electron chi connectivity index (χ1n) is 40.8. The first-order chi connectivity index (χ1) is 50.7. The van der Waals surface area contributed by atoms with Gasteiger partial charge < -0.3 is 33.8 Å². The Hall–Kier alpha value is -4.54. The van der Waals surface area contributed by atoms with E-state index in [0.717, 1.165) is 116 Å². The standard InChI is InChI=1S/C85H146O17P2/c1-5-9-13-17-21-25-29-33-37-39-43-46-50-54-58-62-66-70-83(88)96-76-80(101-84(89)71-67-63-59-55-51-47-42-36-32-28-24-20-16-12-8-4)77-99-103(91,92)97-73-79(86)74-98-104(93,94)100-78-81(75-95-82(87)69-65-61-57-53-49-45-41-35-31-27-23-19-15-11-7-3)102-85(90)72-68-64-60-56-52-48-44-40-38-34-30-26-22-18-14-10-6-2/h21-22,24-26,28,33-34,36-38,42-44,46,48,54,56,58,60,79-81,86H,5-20,23,27,29-32,35,39-41,45,47,49-53,55,57,59,61-78H2,1-4H3,(H,91,92)(H,93,94)/b25-21-,26-22-,28-24-,37-33-,38-34-,42-36-,46-43-,48-44-,58-54-,60-56-/t79-,80-,81-/m1/s1. The number of ether oxygens (including phenoxy) is 4. The van der Waals surface area contributed by atoms with Crippen molar-refractivity contribution in [2.24, 2.45) is 0 Å². The summed E-state index contributed by atoms with van der Waals surface area (Å²) in [5.74, 6) is -2.31. The van der Waals surface area contributed by atoms with Gasteiger partial charge in [0.25, 0.3) is 0 Å². The van der Waals surface area contributed by atoms with Gasteiger partial charge >= 0.3 is 39.5 Å². The summed E-state index contributed by atoms with van der Waals surface area (Å²) in [6.07, 6.45) is 84.7. The van der Waals surface area contributed by atoms with Crippen molar-refractivity contribution < 1.29 is 80.2 Å². The molecule has 17 nitrogen and oxygen atoms in total. The zero-order valence-corrected chi connectivity index (χ0v) is 67.2. The number of hydrogen-bond acceptors (Lipinski definition) is 15. The van der Waals surface area contributed by atoms with Gasteiger partial charge in [-0.25, -0.2) is 9.13 Å². The Kier molecular flexibility index (Phi) is 73.3. The van der Waals surface area contributed by atoms with Crippen molar-refractivity contribution in [3.05, 3.63) is 122 Å². The lowest BCUT2D eigenvalue weighted by molar-refractivity contribution is -0.161. The molecule has 0 fully saturated rings. The molecule has 0 saturated carbocycles. The van der Waals surface area contributed by atoms with Crippen LogP contribution in [0, 0.1) is 0 Å². The van der Waals surface area contributed by atoms with E-state index in [9.17, 15) is 43.2 Å². The summed E-state index contributed by atoms with van der Waals surface area (Å²) in [6, 6.07) is 0. The molecule has 0 aromatic heterocycles. The van der Waals surface area contributed by atoms with Crippen LogP contribution >= 0.6 is 15.6 Å². The first kappa shape index (κ1) is 99.5. The molecule has 0 heterocycles. The molecule has 0 rings (SSSR count). The number of carbonyl (C=O) groups is 4. The number of rotatable bonds is 76. The van der Waals surface area contributed by atoms with Crippen LogP contribution in [0.4, 0.5) is 0 Å². The number of phosphoric ester groups is 2. The van der Waals surface area contributed by atoms with Crippen molar-refractivity contribution in [2.75, 3.05) is 39.6 Å². The molecule has 0 aliphatic rings. The highest BCUT2D eigenvalue weighted by Gasteiger charge is 2.30. The topological polar surface area (TPSA) is 237 Å². The summed E-state index contributed by atoms with van der Waals surface area (Å²) in [6.45, 7) is 4.68. The van der Waals surface area contributed by atoms with Crippen molar-refractivity contribution in [1.29, 1.82) is 0 Å². The maximum atomic E-state index is 13.1. The van der Waals surface area contributed by atoms with E-state index >= 15 is 0 Å².